The number of rotatable bonds is 7. The van der Waals surface area contributed by atoms with Gasteiger partial charge in [0, 0.05) is 17.7 Å². The Labute approximate surface area is 178 Å². The zero-order valence-corrected chi connectivity index (χ0v) is 16.6. The lowest BCUT2D eigenvalue weighted by molar-refractivity contribution is -0.137. The molecule has 0 fully saturated rings. The van der Waals surface area contributed by atoms with Crippen LogP contribution in [0.4, 0.5) is 5.69 Å². The summed E-state index contributed by atoms with van der Waals surface area (Å²) in [5.41, 5.74) is 5.59. The number of carbonyl (C=O) groups is 3. The Kier molecular flexibility index (Phi) is 5.70. The Morgan fingerprint density at radius 2 is 1.77 bits per heavy atom. The molecule has 0 saturated heterocycles. The summed E-state index contributed by atoms with van der Waals surface area (Å²) in [6.07, 6.45) is -0.978. The molecular weight excluding hydrogens is 398 g/mol. The van der Waals surface area contributed by atoms with Crippen molar-refractivity contribution in [2.45, 2.75) is 25.4 Å². The van der Waals surface area contributed by atoms with E-state index in [2.05, 4.69) is 10.7 Å². The smallest absolute Gasteiger partial charge is 0.303 e. The lowest BCUT2D eigenvalue weighted by atomic mass is 10.1. The summed E-state index contributed by atoms with van der Waals surface area (Å²) in [5, 5.41) is 11.8. The van der Waals surface area contributed by atoms with Crippen LogP contribution in [0.25, 0.3) is 11.3 Å². The fourth-order valence-electron chi connectivity index (χ4n) is 3.44. The summed E-state index contributed by atoms with van der Waals surface area (Å²) in [4.78, 5) is 36.2. The number of ether oxygens (including phenoxy) is 1. The molecule has 1 aromatic heterocycles. The highest BCUT2D eigenvalue weighted by Crippen LogP contribution is 2.29. The van der Waals surface area contributed by atoms with Crippen molar-refractivity contribution in [3.63, 3.8) is 0 Å². The topological polar surface area (TPSA) is 110 Å². The molecule has 0 radical (unpaired) electrons. The van der Waals surface area contributed by atoms with Crippen molar-refractivity contribution in [3.8, 4) is 17.0 Å². The van der Waals surface area contributed by atoms with Gasteiger partial charge in [0.1, 0.15) is 5.75 Å². The molecule has 1 aliphatic rings. The second-order valence-electron chi connectivity index (χ2n) is 7.14. The van der Waals surface area contributed by atoms with Gasteiger partial charge < -0.3 is 15.2 Å². The van der Waals surface area contributed by atoms with Gasteiger partial charge >= 0.3 is 5.97 Å². The summed E-state index contributed by atoms with van der Waals surface area (Å²) >= 11 is 0. The molecule has 2 amide bonds. The molecule has 3 aromatic rings. The Bertz CT molecular complexity index is 1120. The van der Waals surface area contributed by atoms with Crippen molar-refractivity contribution >= 4 is 23.5 Å². The van der Waals surface area contributed by atoms with Crippen molar-refractivity contribution in [2.24, 2.45) is 0 Å². The van der Waals surface area contributed by atoms with E-state index in [9.17, 15) is 14.4 Å². The van der Waals surface area contributed by atoms with E-state index >= 15 is 0 Å². The number of amides is 2. The molecule has 1 aliphatic heterocycles. The molecule has 1 atom stereocenters. The number of carbonyl (C=O) groups excluding carboxylic acids is 2. The van der Waals surface area contributed by atoms with Crippen LogP contribution < -0.4 is 15.5 Å². The maximum atomic E-state index is 12.8. The monoisotopic (exact) mass is 419 g/mol. The van der Waals surface area contributed by atoms with Crippen molar-refractivity contribution < 1.29 is 24.2 Å². The molecule has 8 nitrogen and oxygen atoms in total. The molecule has 0 unspecified atom stereocenters. The van der Waals surface area contributed by atoms with Crippen molar-refractivity contribution in [3.05, 3.63) is 72.4 Å². The van der Waals surface area contributed by atoms with Gasteiger partial charge in [-0.1, -0.05) is 42.5 Å². The minimum atomic E-state index is -0.965. The van der Waals surface area contributed by atoms with Crippen molar-refractivity contribution in [1.82, 2.24) is 4.68 Å². The number of carboxylic acids is 1. The summed E-state index contributed by atoms with van der Waals surface area (Å²) < 4.78 is 7.28. The van der Waals surface area contributed by atoms with Crippen LogP contribution in [-0.2, 0) is 20.8 Å². The molecule has 0 bridgehead atoms. The Morgan fingerprint density at radius 1 is 1.03 bits per heavy atom. The highest BCUT2D eigenvalue weighted by atomic mass is 16.5. The second kappa shape index (κ2) is 8.74. The number of fused-ring (bicyclic) bond motifs is 1. The number of carboxylic acid groups (broad SMARTS) is 1. The molecule has 3 N–H and O–H groups in total. The number of anilines is 1. The van der Waals surface area contributed by atoms with E-state index < -0.39 is 23.9 Å². The van der Waals surface area contributed by atoms with Crippen LogP contribution in [0.1, 0.15) is 18.5 Å². The molecule has 8 heteroatoms. The first-order chi connectivity index (χ1) is 15.0. The van der Waals surface area contributed by atoms with Gasteiger partial charge in [-0.3, -0.25) is 24.5 Å². The van der Waals surface area contributed by atoms with E-state index in [1.54, 1.807) is 35.0 Å². The largest absolute Gasteiger partial charge is 0.481 e. The average Bonchev–Trinajstić information content (AvgIpc) is 3.15. The molecule has 2 aromatic carbocycles. The van der Waals surface area contributed by atoms with Crippen LogP contribution in [0, 0.1) is 0 Å². The number of nitrogens with one attached hydrogen (secondary N) is 2. The Morgan fingerprint density at radius 3 is 2.55 bits per heavy atom. The van der Waals surface area contributed by atoms with Gasteiger partial charge in [0.2, 0.25) is 5.91 Å². The van der Waals surface area contributed by atoms with Gasteiger partial charge in [-0.2, -0.15) is 0 Å². The van der Waals surface area contributed by atoms with Gasteiger partial charge in [-0.25, -0.2) is 0 Å². The highest BCUT2D eigenvalue weighted by molar-refractivity contribution is 6.00. The SMILES string of the molecule is O=C(O)CCc1ccc(-c2ccccc2)n1NC(=O)C[C@H]1Oc2ccccc2NC1=O. The third-order valence-corrected chi connectivity index (χ3v) is 4.94. The first kappa shape index (κ1) is 20.2. The first-order valence-electron chi connectivity index (χ1n) is 9.85. The number of hydrogen-bond acceptors (Lipinski definition) is 4. The number of aromatic nitrogens is 1. The van der Waals surface area contributed by atoms with E-state index in [0.717, 1.165) is 5.56 Å². The number of aliphatic carboxylic acids is 1. The van der Waals surface area contributed by atoms with Crippen LogP contribution in [0.15, 0.2) is 66.7 Å². The second-order valence-corrected chi connectivity index (χ2v) is 7.14. The molecule has 2 heterocycles. The predicted octanol–water partition coefficient (Wildman–Crippen LogP) is 3.03. The van der Waals surface area contributed by atoms with Gasteiger partial charge in [0.25, 0.3) is 5.91 Å². The van der Waals surface area contributed by atoms with E-state index in [4.69, 9.17) is 9.84 Å². The van der Waals surface area contributed by atoms with Gasteiger partial charge in [0.05, 0.1) is 24.2 Å². The van der Waals surface area contributed by atoms with E-state index in [1.165, 1.54) is 0 Å². The highest BCUT2D eigenvalue weighted by Gasteiger charge is 2.30. The van der Waals surface area contributed by atoms with E-state index in [0.29, 0.717) is 22.8 Å². The molecule has 4 rings (SSSR count). The molecule has 0 aliphatic carbocycles. The zero-order chi connectivity index (χ0) is 21.8. The number of hydrogen-bond donors (Lipinski definition) is 3. The third kappa shape index (κ3) is 4.58. The van der Waals surface area contributed by atoms with Crippen molar-refractivity contribution in [1.29, 1.82) is 0 Å². The lowest BCUT2D eigenvalue weighted by Gasteiger charge is -2.25. The molecule has 0 saturated carbocycles. The standard InChI is InChI=1S/C23H21N3O5/c27-21(14-20-23(30)24-17-8-4-5-9-19(17)31-20)25-26-16(11-13-22(28)29)10-12-18(26)15-6-2-1-3-7-15/h1-10,12,20H,11,13-14H2,(H,24,30)(H,25,27)(H,28,29)/t20-/m1/s1. The third-order valence-electron chi connectivity index (χ3n) is 4.94. The van der Waals surface area contributed by atoms with Crippen LogP contribution >= 0.6 is 0 Å². The van der Waals surface area contributed by atoms with Crippen LogP contribution in [0.2, 0.25) is 0 Å². The van der Waals surface area contributed by atoms with Gasteiger partial charge in [-0.15, -0.1) is 0 Å². The predicted molar refractivity (Wildman–Crippen MR) is 114 cm³/mol. The summed E-state index contributed by atoms with van der Waals surface area (Å²) in [6, 6.07) is 20.1. The minimum Gasteiger partial charge on any atom is -0.481 e. The fraction of sp³-hybridized carbons (Fsp3) is 0.174. The molecule has 31 heavy (non-hydrogen) atoms. The Balaban J connectivity index is 1.53. The minimum absolute atomic E-state index is 0.0704. The summed E-state index contributed by atoms with van der Waals surface area (Å²) in [5.74, 6) is -1.24. The van der Waals surface area contributed by atoms with Crippen LogP contribution in [-0.4, -0.2) is 33.7 Å². The first-order valence-corrected chi connectivity index (χ1v) is 9.85. The maximum Gasteiger partial charge on any atom is 0.303 e. The molecule has 0 spiro atoms. The number of para-hydroxylation sites is 2. The Hall–Kier alpha value is -4.07. The fourth-order valence-corrected chi connectivity index (χ4v) is 3.44. The number of nitrogens with zero attached hydrogens (tertiary/aromatic N) is 1. The maximum absolute atomic E-state index is 12.8. The van der Waals surface area contributed by atoms with Crippen LogP contribution in [0.3, 0.4) is 0 Å². The van der Waals surface area contributed by atoms with Gasteiger partial charge in [-0.05, 0) is 24.3 Å². The quantitative estimate of drug-likeness (QED) is 0.545. The molecular formula is C23H21N3O5. The van der Waals surface area contributed by atoms with Crippen molar-refractivity contribution in [2.75, 3.05) is 10.7 Å². The lowest BCUT2D eigenvalue weighted by Crippen LogP contribution is -2.40. The van der Waals surface area contributed by atoms with E-state index in [-0.39, 0.29) is 19.3 Å². The average molecular weight is 419 g/mol. The zero-order valence-electron chi connectivity index (χ0n) is 16.6. The van der Waals surface area contributed by atoms with Gasteiger partial charge in [0.15, 0.2) is 6.10 Å². The molecule has 158 valence electrons. The normalized spacial score (nSPS) is 14.8. The summed E-state index contributed by atoms with van der Waals surface area (Å²) in [6.45, 7) is 0. The number of aryl methyl sites for hydroxylation is 1. The van der Waals surface area contributed by atoms with Crippen LogP contribution in [0.5, 0.6) is 5.75 Å². The number of benzene rings is 2. The van der Waals surface area contributed by atoms with E-state index in [1.807, 2.05) is 36.4 Å². The summed E-state index contributed by atoms with van der Waals surface area (Å²) in [7, 11) is 0.